The molecule has 0 fully saturated rings. The Bertz CT molecular complexity index is 1230. The van der Waals surface area contributed by atoms with Gasteiger partial charge in [-0.15, -0.1) is 0 Å². The van der Waals surface area contributed by atoms with E-state index < -0.39 is 21.7 Å². The van der Waals surface area contributed by atoms with Gasteiger partial charge in [-0.2, -0.15) is 0 Å². The highest BCUT2D eigenvalue weighted by Gasteiger charge is 2.30. The number of aromatic nitrogens is 1. The van der Waals surface area contributed by atoms with Crippen molar-refractivity contribution < 1.29 is 23.4 Å². The van der Waals surface area contributed by atoms with Gasteiger partial charge in [-0.1, -0.05) is 17.7 Å². The summed E-state index contributed by atoms with van der Waals surface area (Å²) in [7, 11) is -4.05. The highest BCUT2D eigenvalue weighted by Crippen LogP contribution is 2.34. The molecule has 3 aromatic rings. The number of carboxylic acid groups (broad SMARTS) is 1. The second-order valence-electron chi connectivity index (χ2n) is 8.12. The molecule has 0 saturated carbocycles. The lowest BCUT2D eigenvalue weighted by atomic mass is 10.1. The van der Waals surface area contributed by atoms with Gasteiger partial charge < -0.3 is 10.2 Å². The smallest absolute Gasteiger partial charge is 0.408 e. The van der Waals surface area contributed by atoms with Gasteiger partial charge in [0.15, 0.2) is 0 Å². The van der Waals surface area contributed by atoms with Crippen LogP contribution in [0.5, 0.6) is 5.75 Å². The molecule has 0 saturated heterocycles. The molecule has 0 aliphatic heterocycles. The zero-order valence-electron chi connectivity index (χ0n) is 17.0. The summed E-state index contributed by atoms with van der Waals surface area (Å²) >= 11 is 3.25. The first-order valence-corrected chi connectivity index (χ1v) is 11.4. The first-order chi connectivity index (χ1) is 13.8. The van der Waals surface area contributed by atoms with Crippen LogP contribution in [-0.4, -0.2) is 39.1 Å². The second-order valence-corrected chi connectivity index (χ2v) is 10.8. The van der Waals surface area contributed by atoms with E-state index in [0.717, 1.165) is 9.54 Å². The van der Waals surface area contributed by atoms with Gasteiger partial charge in [-0.3, -0.25) is 4.90 Å². The van der Waals surface area contributed by atoms with Crippen LogP contribution in [0, 0.1) is 6.92 Å². The van der Waals surface area contributed by atoms with Crippen molar-refractivity contribution in [3.05, 3.63) is 58.2 Å². The van der Waals surface area contributed by atoms with Crippen molar-refractivity contribution in [2.24, 2.45) is 0 Å². The molecule has 0 unspecified atom stereocenters. The number of phenolic OH excluding ortho intramolecular Hbond substituents is 1. The number of aromatic hydroxyl groups is 1. The maximum atomic E-state index is 13.5. The Balaban J connectivity index is 2.30. The first kappa shape index (κ1) is 22.2. The Morgan fingerprint density at radius 2 is 1.73 bits per heavy atom. The molecule has 1 amide bonds. The zero-order valence-corrected chi connectivity index (χ0v) is 19.5. The van der Waals surface area contributed by atoms with Crippen LogP contribution in [0.2, 0.25) is 0 Å². The second kappa shape index (κ2) is 7.63. The quantitative estimate of drug-likeness (QED) is 0.535. The third kappa shape index (κ3) is 4.04. The van der Waals surface area contributed by atoms with Crippen LogP contribution in [-0.2, 0) is 16.6 Å². The lowest BCUT2D eigenvalue weighted by Crippen LogP contribution is -2.44. The van der Waals surface area contributed by atoms with E-state index in [0.29, 0.717) is 9.86 Å². The molecule has 0 bridgehead atoms. The van der Waals surface area contributed by atoms with Gasteiger partial charge in [0, 0.05) is 17.0 Å². The molecule has 0 spiro atoms. The number of hydrogen-bond acceptors (Lipinski definition) is 4. The number of hydrogen-bond donors (Lipinski definition) is 2. The Labute approximate surface area is 183 Å². The molecule has 160 valence electrons. The van der Waals surface area contributed by atoms with Crippen molar-refractivity contribution in [3.63, 3.8) is 0 Å². The van der Waals surface area contributed by atoms with Gasteiger partial charge >= 0.3 is 6.09 Å². The molecule has 2 aromatic carbocycles. The lowest BCUT2D eigenvalue weighted by molar-refractivity contribution is 0.0946. The number of amides is 1. The molecule has 0 radical (unpaired) electrons. The Morgan fingerprint density at radius 3 is 2.27 bits per heavy atom. The summed E-state index contributed by atoms with van der Waals surface area (Å²) in [5, 5.41) is 20.4. The zero-order chi connectivity index (χ0) is 22.4. The average molecular weight is 495 g/mol. The molecule has 30 heavy (non-hydrogen) atoms. The van der Waals surface area contributed by atoms with Gasteiger partial charge in [-0.05, 0) is 67.9 Å². The molecular formula is C21H23BrN2O5S. The van der Waals surface area contributed by atoms with Crippen LogP contribution in [0.3, 0.4) is 0 Å². The Hall–Kier alpha value is -2.52. The molecular weight excluding hydrogens is 472 g/mol. The summed E-state index contributed by atoms with van der Waals surface area (Å²) in [6.45, 7) is 6.94. The lowest BCUT2D eigenvalue weighted by Gasteiger charge is -2.33. The number of nitrogens with zero attached hydrogens (tertiary/aromatic N) is 2. The van der Waals surface area contributed by atoms with Crippen molar-refractivity contribution in [1.29, 1.82) is 0 Å². The van der Waals surface area contributed by atoms with Crippen LogP contribution in [0.25, 0.3) is 10.9 Å². The number of benzene rings is 2. The molecule has 2 N–H and O–H groups in total. The van der Waals surface area contributed by atoms with Gasteiger partial charge in [0.25, 0.3) is 10.0 Å². The molecule has 3 rings (SSSR count). The maximum absolute atomic E-state index is 13.5. The first-order valence-electron chi connectivity index (χ1n) is 9.18. The maximum Gasteiger partial charge on any atom is 0.408 e. The van der Waals surface area contributed by atoms with Crippen molar-refractivity contribution in [1.82, 2.24) is 8.87 Å². The Morgan fingerprint density at radius 1 is 1.13 bits per heavy atom. The summed E-state index contributed by atoms with van der Waals surface area (Å²) < 4.78 is 28.6. The molecule has 1 aromatic heterocycles. The molecule has 0 atom stereocenters. The summed E-state index contributed by atoms with van der Waals surface area (Å²) in [5.41, 5.74) is 0.715. The average Bonchev–Trinajstić information content (AvgIpc) is 2.97. The minimum Gasteiger partial charge on any atom is -0.507 e. The van der Waals surface area contributed by atoms with E-state index in [1.54, 1.807) is 45.0 Å². The third-order valence-electron chi connectivity index (χ3n) is 4.82. The van der Waals surface area contributed by atoms with Crippen LogP contribution in [0.4, 0.5) is 4.79 Å². The SMILES string of the molecule is Cc1ccc(S(=O)(=O)n2c(CN(C(=O)O)C(C)(C)C)cc3cc(Br)c(O)cc32)cc1. The summed E-state index contributed by atoms with van der Waals surface area (Å²) in [4.78, 5) is 13.1. The summed E-state index contributed by atoms with van der Waals surface area (Å²) in [5.74, 6) is -0.113. The van der Waals surface area contributed by atoms with Crippen molar-refractivity contribution in [2.45, 2.75) is 44.7 Å². The van der Waals surface area contributed by atoms with E-state index in [4.69, 9.17) is 0 Å². The van der Waals surface area contributed by atoms with Gasteiger partial charge in [0.05, 0.1) is 27.1 Å². The topological polar surface area (TPSA) is 99.8 Å². The highest BCUT2D eigenvalue weighted by molar-refractivity contribution is 9.10. The number of rotatable bonds is 4. The van der Waals surface area contributed by atoms with Crippen molar-refractivity contribution in [3.8, 4) is 5.75 Å². The fourth-order valence-corrected chi connectivity index (χ4v) is 5.10. The summed E-state index contributed by atoms with van der Waals surface area (Å²) in [6.07, 6.45) is -1.16. The molecule has 0 aliphatic rings. The van der Waals surface area contributed by atoms with Crippen LogP contribution < -0.4 is 0 Å². The van der Waals surface area contributed by atoms with Crippen molar-refractivity contribution in [2.75, 3.05) is 0 Å². The van der Waals surface area contributed by atoms with E-state index in [9.17, 15) is 23.4 Å². The van der Waals surface area contributed by atoms with E-state index in [1.807, 2.05) is 6.92 Å². The standard InChI is InChI=1S/C21H23BrN2O5S/c1-13-5-7-16(8-6-13)30(28,29)24-15(12-23(20(26)27)21(2,3)4)9-14-10-17(22)19(25)11-18(14)24/h5-11,25H,12H2,1-4H3,(H,26,27). The van der Waals surface area contributed by atoms with Crippen LogP contribution >= 0.6 is 15.9 Å². The van der Waals surface area contributed by atoms with Gasteiger partial charge in [-0.25, -0.2) is 17.2 Å². The molecule has 9 heteroatoms. The number of halogens is 1. The minimum atomic E-state index is -4.05. The monoisotopic (exact) mass is 494 g/mol. The van der Waals surface area contributed by atoms with Gasteiger partial charge in [0.1, 0.15) is 5.75 Å². The predicted molar refractivity (Wildman–Crippen MR) is 118 cm³/mol. The van der Waals surface area contributed by atoms with E-state index in [1.165, 1.54) is 23.1 Å². The minimum absolute atomic E-state index is 0.0758. The molecule has 7 nitrogen and oxygen atoms in total. The molecule has 1 heterocycles. The highest BCUT2D eigenvalue weighted by atomic mass is 79.9. The predicted octanol–water partition coefficient (Wildman–Crippen LogP) is 4.93. The van der Waals surface area contributed by atoms with Crippen LogP contribution in [0.15, 0.2) is 51.8 Å². The van der Waals surface area contributed by atoms with E-state index in [2.05, 4.69) is 15.9 Å². The number of aryl methyl sites for hydroxylation is 1. The third-order valence-corrected chi connectivity index (χ3v) is 7.23. The number of fused-ring (bicyclic) bond motifs is 1. The fraction of sp³-hybridized carbons (Fsp3) is 0.286. The van der Waals surface area contributed by atoms with E-state index >= 15 is 0 Å². The Kier molecular flexibility index (Phi) is 5.64. The molecule has 0 aliphatic carbocycles. The number of carbonyl (C=O) groups is 1. The number of phenols is 1. The fourth-order valence-electron chi connectivity index (χ4n) is 3.21. The van der Waals surface area contributed by atoms with Gasteiger partial charge in [0.2, 0.25) is 0 Å². The van der Waals surface area contributed by atoms with Crippen LogP contribution in [0.1, 0.15) is 32.0 Å². The summed E-state index contributed by atoms with van der Waals surface area (Å²) in [6, 6.07) is 11.0. The normalized spacial score (nSPS) is 12.3. The van der Waals surface area contributed by atoms with Crippen molar-refractivity contribution >= 4 is 42.9 Å². The largest absolute Gasteiger partial charge is 0.507 e. The van der Waals surface area contributed by atoms with E-state index in [-0.39, 0.29) is 28.4 Å².